The highest BCUT2D eigenvalue weighted by Gasteiger charge is 2.34. The Kier molecular flexibility index (Phi) is 5.10. The first-order valence-corrected chi connectivity index (χ1v) is 6.25. The number of benzene rings is 1. The summed E-state index contributed by atoms with van der Waals surface area (Å²) in [7, 11) is 1.71. The summed E-state index contributed by atoms with van der Waals surface area (Å²) in [4.78, 5) is 10.3. The standard InChI is InChI=1S/C13H17F3N2O2/c1-4-10(8(2)17-3)11-6-5-9(13(14,15)16)7-12(11)18(19)20/h5-8,10,17H,4H2,1-3H3. The van der Waals surface area contributed by atoms with Gasteiger partial charge in [0.2, 0.25) is 0 Å². The molecule has 7 heteroatoms. The second-order valence-electron chi connectivity index (χ2n) is 4.62. The minimum absolute atomic E-state index is 0.0737. The summed E-state index contributed by atoms with van der Waals surface area (Å²) in [6.07, 6.45) is -3.99. The zero-order chi connectivity index (χ0) is 15.5. The average Bonchev–Trinajstić information content (AvgIpc) is 2.38. The van der Waals surface area contributed by atoms with E-state index in [4.69, 9.17) is 0 Å². The summed E-state index contributed by atoms with van der Waals surface area (Å²) in [6.45, 7) is 3.69. The molecule has 1 aromatic rings. The third-order valence-corrected chi connectivity index (χ3v) is 3.45. The maximum Gasteiger partial charge on any atom is 0.416 e. The van der Waals surface area contributed by atoms with Crippen LogP contribution in [0.5, 0.6) is 0 Å². The predicted molar refractivity (Wildman–Crippen MR) is 69.7 cm³/mol. The Bertz CT molecular complexity index is 489. The van der Waals surface area contributed by atoms with E-state index in [0.29, 0.717) is 18.1 Å². The maximum atomic E-state index is 12.6. The van der Waals surface area contributed by atoms with Gasteiger partial charge < -0.3 is 5.32 Å². The predicted octanol–water partition coefficient (Wildman–Crippen LogP) is 3.72. The number of hydrogen-bond donors (Lipinski definition) is 1. The van der Waals surface area contributed by atoms with Gasteiger partial charge in [0.05, 0.1) is 10.5 Å². The number of likely N-dealkylation sites (N-methyl/N-ethyl adjacent to an activating group) is 1. The van der Waals surface area contributed by atoms with Gasteiger partial charge in [-0.1, -0.05) is 13.0 Å². The largest absolute Gasteiger partial charge is 0.416 e. The minimum Gasteiger partial charge on any atom is -0.317 e. The van der Waals surface area contributed by atoms with Gasteiger partial charge in [0.15, 0.2) is 0 Å². The summed E-state index contributed by atoms with van der Waals surface area (Å²) in [5.41, 5.74) is -1.15. The molecule has 4 nitrogen and oxygen atoms in total. The van der Waals surface area contributed by atoms with Crippen molar-refractivity contribution in [3.05, 3.63) is 39.4 Å². The lowest BCUT2D eigenvalue weighted by atomic mass is 9.88. The van der Waals surface area contributed by atoms with Gasteiger partial charge in [-0.3, -0.25) is 10.1 Å². The molecule has 1 N–H and O–H groups in total. The van der Waals surface area contributed by atoms with Gasteiger partial charge in [0.25, 0.3) is 5.69 Å². The lowest BCUT2D eigenvalue weighted by Gasteiger charge is -2.23. The van der Waals surface area contributed by atoms with Gasteiger partial charge in [-0.15, -0.1) is 0 Å². The zero-order valence-corrected chi connectivity index (χ0v) is 11.5. The van der Waals surface area contributed by atoms with E-state index in [0.717, 1.165) is 6.07 Å². The number of nitrogens with one attached hydrogen (secondary N) is 1. The second-order valence-corrected chi connectivity index (χ2v) is 4.62. The van der Waals surface area contributed by atoms with Crippen LogP contribution >= 0.6 is 0 Å². The maximum absolute atomic E-state index is 12.6. The molecule has 2 atom stereocenters. The van der Waals surface area contributed by atoms with Gasteiger partial charge >= 0.3 is 6.18 Å². The Morgan fingerprint density at radius 3 is 2.40 bits per heavy atom. The molecular weight excluding hydrogens is 273 g/mol. The van der Waals surface area contributed by atoms with Crippen molar-refractivity contribution in [1.29, 1.82) is 0 Å². The third kappa shape index (κ3) is 3.47. The van der Waals surface area contributed by atoms with Crippen LogP contribution in [0.25, 0.3) is 0 Å². The van der Waals surface area contributed by atoms with E-state index < -0.39 is 22.4 Å². The highest BCUT2D eigenvalue weighted by molar-refractivity contribution is 5.46. The van der Waals surface area contributed by atoms with Crippen LogP contribution in [0.4, 0.5) is 18.9 Å². The van der Waals surface area contributed by atoms with Gasteiger partial charge in [0.1, 0.15) is 0 Å². The summed E-state index contributed by atoms with van der Waals surface area (Å²) >= 11 is 0. The Hall–Kier alpha value is -1.63. The lowest BCUT2D eigenvalue weighted by molar-refractivity contribution is -0.386. The van der Waals surface area contributed by atoms with E-state index in [9.17, 15) is 23.3 Å². The van der Waals surface area contributed by atoms with E-state index in [-0.39, 0.29) is 12.0 Å². The first kappa shape index (κ1) is 16.4. The molecule has 1 rings (SSSR count). The molecule has 0 spiro atoms. The fourth-order valence-corrected chi connectivity index (χ4v) is 2.24. The van der Waals surface area contributed by atoms with Crippen molar-refractivity contribution in [2.24, 2.45) is 0 Å². The van der Waals surface area contributed by atoms with Crippen molar-refractivity contribution in [2.45, 2.75) is 38.4 Å². The molecule has 1 aromatic carbocycles. The van der Waals surface area contributed by atoms with Crippen LogP contribution < -0.4 is 5.32 Å². The number of rotatable bonds is 5. The van der Waals surface area contributed by atoms with Crippen LogP contribution in [0.2, 0.25) is 0 Å². The van der Waals surface area contributed by atoms with Crippen molar-refractivity contribution >= 4 is 5.69 Å². The van der Waals surface area contributed by atoms with Gasteiger partial charge in [-0.05, 0) is 26.5 Å². The molecule has 0 amide bonds. The average molecular weight is 290 g/mol. The molecule has 20 heavy (non-hydrogen) atoms. The van der Waals surface area contributed by atoms with Crippen molar-refractivity contribution in [3.63, 3.8) is 0 Å². The topological polar surface area (TPSA) is 55.2 Å². The molecule has 0 aliphatic heterocycles. The number of hydrogen-bond acceptors (Lipinski definition) is 3. The van der Waals surface area contributed by atoms with Gasteiger partial charge in [-0.2, -0.15) is 13.2 Å². The molecule has 0 aliphatic carbocycles. The molecule has 112 valence electrons. The summed E-state index contributed by atoms with van der Waals surface area (Å²) in [5, 5.41) is 14.0. The Balaban J connectivity index is 3.36. The molecule has 0 aromatic heterocycles. The van der Waals surface area contributed by atoms with E-state index >= 15 is 0 Å². The van der Waals surface area contributed by atoms with Crippen LogP contribution in [-0.4, -0.2) is 18.0 Å². The SMILES string of the molecule is CCC(c1ccc(C(F)(F)F)cc1[N+](=O)[O-])C(C)NC. The summed E-state index contributed by atoms with van der Waals surface area (Å²) < 4.78 is 37.9. The highest BCUT2D eigenvalue weighted by atomic mass is 19.4. The summed E-state index contributed by atoms with van der Waals surface area (Å²) in [5.74, 6) is -0.220. The van der Waals surface area contributed by atoms with Gasteiger partial charge in [-0.25, -0.2) is 0 Å². The molecular formula is C13H17F3N2O2. The van der Waals surface area contributed by atoms with Crippen molar-refractivity contribution in [3.8, 4) is 0 Å². The Morgan fingerprint density at radius 2 is 2.00 bits per heavy atom. The number of nitrogens with zero attached hydrogens (tertiary/aromatic N) is 1. The molecule has 0 saturated heterocycles. The lowest BCUT2D eigenvalue weighted by Crippen LogP contribution is -2.29. The van der Waals surface area contributed by atoms with Crippen molar-refractivity contribution < 1.29 is 18.1 Å². The number of alkyl halides is 3. The van der Waals surface area contributed by atoms with E-state index in [1.807, 2.05) is 13.8 Å². The molecule has 2 unspecified atom stereocenters. The quantitative estimate of drug-likeness (QED) is 0.664. The zero-order valence-electron chi connectivity index (χ0n) is 11.5. The van der Waals surface area contributed by atoms with Crippen LogP contribution in [0, 0.1) is 10.1 Å². The third-order valence-electron chi connectivity index (χ3n) is 3.45. The monoisotopic (exact) mass is 290 g/mol. The van der Waals surface area contributed by atoms with Gasteiger partial charge in [0, 0.05) is 23.6 Å². The Labute approximate surface area is 115 Å². The number of nitro groups is 1. The smallest absolute Gasteiger partial charge is 0.317 e. The summed E-state index contributed by atoms with van der Waals surface area (Å²) in [6, 6.07) is 2.65. The molecule has 0 bridgehead atoms. The molecule has 0 saturated carbocycles. The first-order valence-electron chi connectivity index (χ1n) is 6.25. The molecule has 0 fully saturated rings. The normalized spacial score (nSPS) is 14.9. The van der Waals surface area contributed by atoms with Crippen molar-refractivity contribution in [1.82, 2.24) is 5.32 Å². The Morgan fingerprint density at radius 1 is 1.40 bits per heavy atom. The number of nitro benzene ring substituents is 1. The van der Waals surface area contributed by atoms with E-state index in [2.05, 4.69) is 5.32 Å². The van der Waals surface area contributed by atoms with Crippen molar-refractivity contribution in [2.75, 3.05) is 7.05 Å². The fourth-order valence-electron chi connectivity index (χ4n) is 2.24. The van der Waals surface area contributed by atoms with Crippen LogP contribution in [-0.2, 0) is 6.18 Å². The molecule has 0 heterocycles. The highest BCUT2D eigenvalue weighted by Crippen LogP contribution is 2.37. The fraction of sp³-hybridized carbons (Fsp3) is 0.538. The first-order chi connectivity index (χ1) is 9.22. The van der Waals surface area contributed by atoms with E-state index in [1.165, 1.54) is 6.07 Å². The number of halogens is 3. The van der Waals surface area contributed by atoms with Crippen LogP contribution in [0.1, 0.15) is 37.3 Å². The van der Waals surface area contributed by atoms with E-state index in [1.54, 1.807) is 7.05 Å². The van der Waals surface area contributed by atoms with Crippen LogP contribution in [0.15, 0.2) is 18.2 Å². The molecule has 0 aliphatic rings. The van der Waals surface area contributed by atoms with Crippen LogP contribution in [0.3, 0.4) is 0 Å². The molecule has 0 radical (unpaired) electrons. The second kappa shape index (κ2) is 6.21. The minimum atomic E-state index is -4.58.